The minimum Gasteiger partial charge on any atom is -0.425 e. The zero-order valence-corrected chi connectivity index (χ0v) is 16.0. The fourth-order valence-electron chi connectivity index (χ4n) is 4.03. The minimum absolute atomic E-state index is 0.0174. The van der Waals surface area contributed by atoms with Crippen molar-refractivity contribution in [2.75, 3.05) is 26.3 Å². The summed E-state index contributed by atoms with van der Waals surface area (Å²) in [5.74, 6) is 1.37. The number of carbonyl (C=O) groups is 1. The Hall–Kier alpha value is -2.35. The highest BCUT2D eigenvalue weighted by Crippen LogP contribution is 2.49. The van der Waals surface area contributed by atoms with Crippen LogP contribution in [0.4, 0.5) is 0 Å². The third kappa shape index (κ3) is 3.34. The molecule has 1 unspecified atom stereocenters. The lowest BCUT2D eigenvalue weighted by atomic mass is 9.72. The molecule has 2 fully saturated rings. The Balaban J connectivity index is 1.62. The van der Waals surface area contributed by atoms with Gasteiger partial charge in [0, 0.05) is 43.8 Å². The molecule has 4 rings (SSSR count). The van der Waals surface area contributed by atoms with Crippen LogP contribution < -0.4 is 0 Å². The van der Waals surface area contributed by atoms with E-state index in [0.717, 1.165) is 18.5 Å². The third-order valence-electron chi connectivity index (χ3n) is 5.67. The number of ether oxygens (including phenoxy) is 1. The first-order valence-electron chi connectivity index (χ1n) is 9.47. The fourth-order valence-corrected chi connectivity index (χ4v) is 4.03. The van der Waals surface area contributed by atoms with Gasteiger partial charge in [0.1, 0.15) is 5.69 Å². The molecule has 2 saturated heterocycles. The lowest BCUT2D eigenvalue weighted by molar-refractivity contribution is 0.00885. The van der Waals surface area contributed by atoms with Crippen LogP contribution in [-0.4, -0.2) is 57.3 Å². The molecule has 1 spiro atoms. The highest BCUT2D eigenvalue weighted by Gasteiger charge is 2.51. The van der Waals surface area contributed by atoms with Crippen molar-refractivity contribution >= 4 is 5.91 Å². The van der Waals surface area contributed by atoms with E-state index < -0.39 is 0 Å². The van der Waals surface area contributed by atoms with Gasteiger partial charge in [0.25, 0.3) is 5.91 Å². The monoisotopic (exact) mass is 371 g/mol. The van der Waals surface area contributed by atoms with Crippen molar-refractivity contribution in [1.29, 1.82) is 0 Å². The zero-order chi connectivity index (χ0) is 19.0. The molecule has 2 aromatic heterocycles. The van der Waals surface area contributed by atoms with Gasteiger partial charge in [0.05, 0.1) is 17.8 Å². The molecular weight excluding hydrogens is 346 g/mol. The van der Waals surface area contributed by atoms with E-state index in [4.69, 9.17) is 9.15 Å². The molecule has 8 nitrogen and oxygen atoms in total. The maximum Gasteiger partial charge on any atom is 0.274 e. The maximum absolute atomic E-state index is 13.0. The number of carbonyl (C=O) groups excluding carboxylic acids is 1. The van der Waals surface area contributed by atoms with Gasteiger partial charge in [-0.15, -0.1) is 10.2 Å². The van der Waals surface area contributed by atoms with Gasteiger partial charge < -0.3 is 14.1 Å². The van der Waals surface area contributed by atoms with Crippen molar-refractivity contribution in [2.24, 2.45) is 5.41 Å². The number of hydrogen-bond donors (Lipinski definition) is 0. The second-order valence-corrected chi connectivity index (χ2v) is 7.89. The van der Waals surface area contributed by atoms with Crippen LogP contribution >= 0.6 is 0 Å². The van der Waals surface area contributed by atoms with Gasteiger partial charge >= 0.3 is 0 Å². The van der Waals surface area contributed by atoms with Crippen molar-refractivity contribution in [3.8, 4) is 0 Å². The van der Waals surface area contributed by atoms with Crippen molar-refractivity contribution in [3.05, 3.63) is 35.6 Å². The van der Waals surface area contributed by atoms with Crippen LogP contribution in [0.1, 0.15) is 66.5 Å². The van der Waals surface area contributed by atoms with E-state index in [2.05, 4.69) is 20.2 Å². The quantitative estimate of drug-likeness (QED) is 0.817. The van der Waals surface area contributed by atoms with Gasteiger partial charge in [-0.05, 0) is 19.8 Å². The molecule has 2 aliphatic heterocycles. The summed E-state index contributed by atoms with van der Waals surface area (Å²) in [5, 5.41) is 8.53. The Labute approximate surface area is 158 Å². The van der Waals surface area contributed by atoms with Gasteiger partial charge in [0.15, 0.2) is 0 Å². The van der Waals surface area contributed by atoms with E-state index in [1.807, 2.05) is 25.7 Å². The summed E-state index contributed by atoms with van der Waals surface area (Å²) in [4.78, 5) is 23.3. The highest BCUT2D eigenvalue weighted by molar-refractivity contribution is 5.92. The molecule has 1 atom stereocenters. The van der Waals surface area contributed by atoms with Crippen LogP contribution in [0.3, 0.4) is 0 Å². The normalized spacial score (nSPS) is 21.9. The van der Waals surface area contributed by atoms with E-state index in [1.165, 1.54) is 0 Å². The molecule has 144 valence electrons. The lowest BCUT2D eigenvalue weighted by Crippen LogP contribution is -2.37. The van der Waals surface area contributed by atoms with Crippen molar-refractivity contribution in [1.82, 2.24) is 25.1 Å². The molecule has 0 bridgehead atoms. The molecule has 0 aromatic carbocycles. The second kappa shape index (κ2) is 6.99. The Kier molecular flexibility index (Phi) is 4.67. The smallest absolute Gasteiger partial charge is 0.274 e. The van der Waals surface area contributed by atoms with Gasteiger partial charge in [-0.25, -0.2) is 4.98 Å². The van der Waals surface area contributed by atoms with E-state index in [-0.39, 0.29) is 23.2 Å². The fraction of sp³-hybridized carbons (Fsp3) is 0.632. The third-order valence-corrected chi connectivity index (χ3v) is 5.67. The highest BCUT2D eigenvalue weighted by atomic mass is 16.5. The zero-order valence-electron chi connectivity index (χ0n) is 16.0. The van der Waals surface area contributed by atoms with Gasteiger partial charge in [-0.2, -0.15) is 0 Å². The number of rotatable bonds is 3. The van der Waals surface area contributed by atoms with Crippen LogP contribution in [-0.2, 0) is 4.74 Å². The summed E-state index contributed by atoms with van der Waals surface area (Å²) < 4.78 is 11.6. The molecule has 0 N–H and O–H groups in total. The summed E-state index contributed by atoms with van der Waals surface area (Å²) in [7, 11) is 0. The summed E-state index contributed by atoms with van der Waals surface area (Å²) in [6.07, 6.45) is 4.92. The van der Waals surface area contributed by atoms with Crippen molar-refractivity contribution in [3.63, 3.8) is 0 Å². The number of aryl methyl sites for hydroxylation is 1. The predicted octanol–water partition coefficient (Wildman–Crippen LogP) is 2.33. The van der Waals surface area contributed by atoms with Crippen LogP contribution in [0.15, 0.2) is 16.8 Å². The van der Waals surface area contributed by atoms with E-state index >= 15 is 0 Å². The molecule has 4 heterocycles. The van der Waals surface area contributed by atoms with E-state index in [1.54, 1.807) is 12.4 Å². The first-order chi connectivity index (χ1) is 13.0. The van der Waals surface area contributed by atoms with Crippen molar-refractivity contribution in [2.45, 2.75) is 45.4 Å². The summed E-state index contributed by atoms with van der Waals surface area (Å²) in [5.41, 5.74) is 1.07. The van der Waals surface area contributed by atoms with Gasteiger partial charge in [-0.3, -0.25) is 9.78 Å². The molecule has 0 radical (unpaired) electrons. The first kappa shape index (κ1) is 18.0. The summed E-state index contributed by atoms with van der Waals surface area (Å²) in [6, 6.07) is 0. The Bertz CT molecular complexity index is 811. The maximum atomic E-state index is 13.0. The second-order valence-electron chi connectivity index (χ2n) is 7.89. The number of likely N-dealkylation sites (tertiary alicyclic amines) is 1. The molecule has 0 saturated carbocycles. The van der Waals surface area contributed by atoms with Gasteiger partial charge in [-0.1, -0.05) is 13.8 Å². The van der Waals surface area contributed by atoms with E-state index in [0.29, 0.717) is 43.8 Å². The molecule has 27 heavy (non-hydrogen) atoms. The SMILES string of the molecule is Cc1cnc(C(=O)N2CC(c3nnc(C(C)C)o3)C3(CCOCC3)C2)cn1. The molecule has 0 aliphatic carbocycles. The summed E-state index contributed by atoms with van der Waals surface area (Å²) in [6.45, 7) is 8.49. The van der Waals surface area contributed by atoms with Crippen molar-refractivity contribution < 1.29 is 13.9 Å². The van der Waals surface area contributed by atoms with Crippen LogP contribution in [0.2, 0.25) is 0 Å². The summed E-state index contributed by atoms with van der Waals surface area (Å²) >= 11 is 0. The van der Waals surface area contributed by atoms with E-state index in [9.17, 15) is 4.79 Å². The number of hydrogen-bond acceptors (Lipinski definition) is 7. The molecule has 2 aromatic rings. The number of aromatic nitrogens is 4. The Morgan fingerprint density at radius 2 is 2.00 bits per heavy atom. The first-order valence-corrected chi connectivity index (χ1v) is 9.47. The number of nitrogens with zero attached hydrogens (tertiary/aromatic N) is 5. The lowest BCUT2D eigenvalue weighted by Gasteiger charge is -2.36. The van der Waals surface area contributed by atoms with Crippen LogP contribution in [0.5, 0.6) is 0 Å². The molecule has 2 aliphatic rings. The van der Waals surface area contributed by atoms with Crippen LogP contribution in [0, 0.1) is 12.3 Å². The molecule has 8 heteroatoms. The molecular formula is C19H25N5O3. The van der Waals surface area contributed by atoms with Crippen LogP contribution in [0.25, 0.3) is 0 Å². The van der Waals surface area contributed by atoms with Gasteiger partial charge in [0.2, 0.25) is 11.8 Å². The standard InChI is InChI=1S/C19H25N5O3/c1-12(2)16-22-23-17(27-16)14-10-24(11-19(14)4-6-26-7-5-19)18(25)15-9-20-13(3)8-21-15/h8-9,12,14H,4-7,10-11H2,1-3H3. The predicted molar refractivity (Wildman–Crippen MR) is 96.3 cm³/mol. The Morgan fingerprint density at radius 1 is 1.22 bits per heavy atom. The number of amides is 1. The average molecular weight is 371 g/mol. The Morgan fingerprint density at radius 3 is 2.63 bits per heavy atom. The molecule has 1 amide bonds. The topological polar surface area (TPSA) is 94.2 Å². The minimum atomic E-state index is -0.0977. The largest absolute Gasteiger partial charge is 0.425 e. The average Bonchev–Trinajstić information content (AvgIpc) is 3.28.